The summed E-state index contributed by atoms with van der Waals surface area (Å²) in [5.41, 5.74) is 0.337. The van der Waals surface area contributed by atoms with Crippen LogP contribution in [0, 0.1) is 0 Å². The Kier molecular flexibility index (Phi) is 3.00. The van der Waals surface area contributed by atoms with Gasteiger partial charge in [0.05, 0.1) is 19.0 Å². The lowest BCUT2D eigenvalue weighted by Crippen LogP contribution is -2.33. The van der Waals surface area contributed by atoms with Crippen LogP contribution in [0.1, 0.15) is 18.7 Å². The number of aromatic nitrogens is 4. The molecule has 20 heavy (non-hydrogen) atoms. The lowest BCUT2D eigenvalue weighted by atomic mass is 10.2. The van der Waals surface area contributed by atoms with Crippen LogP contribution in [0.5, 0.6) is 0 Å². The van der Waals surface area contributed by atoms with Crippen LogP contribution in [0.25, 0.3) is 11.2 Å². The van der Waals surface area contributed by atoms with Gasteiger partial charge in [0, 0.05) is 6.54 Å². The molecule has 0 amide bonds. The quantitative estimate of drug-likeness (QED) is 0.871. The zero-order valence-electron chi connectivity index (χ0n) is 10.4. The van der Waals surface area contributed by atoms with Crippen molar-refractivity contribution in [1.82, 2.24) is 19.9 Å². The first-order valence-electron chi connectivity index (χ1n) is 6.16. The molecular formula is C11H12F3N5O. The second kappa shape index (κ2) is 4.58. The predicted molar refractivity (Wildman–Crippen MR) is 64.1 cm³/mol. The van der Waals surface area contributed by atoms with Gasteiger partial charge in [-0.3, -0.25) is 0 Å². The van der Waals surface area contributed by atoms with Gasteiger partial charge in [-0.2, -0.15) is 13.2 Å². The number of aromatic amines is 1. The zero-order valence-corrected chi connectivity index (χ0v) is 10.4. The molecule has 1 unspecified atom stereocenters. The number of halogens is 3. The molecule has 2 aromatic rings. The highest BCUT2D eigenvalue weighted by Gasteiger charge is 2.37. The standard InChI is InChI=1S/C11H12F3N5O/c12-11(13,14)10-17-8-7(15-5-16-8)9(18-10)19-3-1-2-6(19)4-20/h5-6,20H,1-4H2,(H,15,16,17,18). The van der Waals surface area contributed by atoms with E-state index < -0.39 is 12.0 Å². The fraction of sp³-hybridized carbons (Fsp3) is 0.545. The van der Waals surface area contributed by atoms with Crippen molar-refractivity contribution in [2.45, 2.75) is 25.1 Å². The van der Waals surface area contributed by atoms with Crippen LogP contribution in [0.4, 0.5) is 19.0 Å². The average Bonchev–Trinajstić information content (AvgIpc) is 3.04. The molecule has 0 aromatic carbocycles. The molecule has 2 N–H and O–H groups in total. The summed E-state index contributed by atoms with van der Waals surface area (Å²) in [4.78, 5) is 15.3. The molecule has 6 nitrogen and oxygen atoms in total. The van der Waals surface area contributed by atoms with E-state index in [-0.39, 0.29) is 24.1 Å². The van der Waals surface area contributed by atoms with E-state index in [4.69, 9.17) is 0 Å². The molecule has 3 heterocycles. The molecule has 0 saturated carbocycles. The van der Waals surface area contributed by atoms with Crippen molar-refractivity contribution in [2.24, 2.45) is 0 Å². The molecule has 0 spiro atoms. The summed E-state index contributed by atoms with van der Waals surface area (Å²) in [6.07, 6.45) is -1.83. The largest absolute Gasteiger partial charge is 0.451 e. The third-order valence-electron chi connectivity index (χ3n) is 3.38. The van der Waals surface area contributed by atoms with Crippen molar-refractivity contribution < 1.29 is 18.3 Å². The Hall–Kier alpha value is -1.90. The van der Waals surface area contributed by atoms with E-state index in [9.17, 15) is 18.3 Å². The van der Waals surface area contributed by atoms with Crippen LogP contribution in [0.3, 0.4) is 0 Å². The van der Waals surface area contributed by atoms with Crippen molar-refractivity contribution >= 4 is 17.0 Å². The predicted octanol–water partition coefficient (Wildman–Crippen LogP) is 1.33. The maximum Gasteiger partial charge on any atom is 0.451 e. The molecule has 1 aliphatic heterocycles. The van der Waals surface area contributed by atoms with Gasteiger partial charge in [-0.15, -0.1) is 0 Å². The molecule has 0 bridgehead atoms. The SMILES string of the molecule is OCC1CCCN1c1nc(C(F)(F)F)nc2nc[nH]c12. The Morgan fingerprint density at radius 3 is 2.90 bits per heavy atom. The Balaban J connectivity index is 2.15. The minimum atomic E-state index is -4.63. The van der Waals surface area contributed by atoms with Crippen LogP contribution in [0.15, 0.2) is 6.33 Å². The van der Waals surface area contributed by atoms with Crippen molar-refractivity contribution in [3.8, 4) is 0 Å². The van der Waals surface area contributed by atoms with Crippen LogP contribution < -0.4 is 4.90 Å². The van der Waals surface area contributed by atoms with Gasteiger partial charge in [0.25, 0.3) is 0 Å². The van der Waals surface area contributed by atoms with E-state index in [1.807, 2.05) is 0 Å². The number of nitrogens with zero attached hydrogens (tertiary/aromatic N) is 4. The fourth-order valence-electron chi connectivity index (χ4n) is 2.46. The number of H-pyrrole nitrogens is 1. The zero-order chi connectivity index (χ0) is 14.3. The topological polar surface area (TPSA) is 77.9 Å². The van der Waals surface area contributed by atoms with Crippen LogP contribution in [-0.4, -0.2) is 44.2 Å². The molecule has 3 rings (SSSR count). The van der Waals surface area contributed by atoms with E-state index in [2.05, 4.69) is 19.9 Å². The molecule has 1 aliphatic rings. The normalized spacial score (nSPS) is 20.0. The van der Waals surface area contributed by atoms with Crippen LogP contribution in [-0.2, 0) is 6.18 Å². The molecule has 2 aromatic heterocycles. The molecule has 0 radical (unpaired) electrons. The number of hydrogen-bond donors (Lipinski definition) is 2. The summed E-state index contributed by atoms with van der Waals surface area (Å²) >= 11 is 0. The summed E-state index contributed by atoms with van der Waals surface area (Å²) in [5.74, 6) is -1.06. The van der Waals surface area contributed by atoms with E-state index in [1.54, 1.807) is 4.90 Å². The molecule has 9 heteroatoms. The lowest BCUT2D eigenvalue weighted by Gasteiger charge is -2.24. The number of aliphatic hydroxyl groups is 1. The van der Waals surface area contributed by atoms with Crippen LogP contribution in [0.2, 0.25) is 0 Å². The Labute approximate surface area is 111 Å². The summed E-state index contributed by atoms with van der Waals surface area (Å²) in [5, 5.41) is 9.32. The monoisotopic (exact) mass is 287 g/mol. The third kappa shape index (κ3) is 2.07. The van der Waals surface area contributed by atoms with Gasteiger partial charge in [-0.1, -0.05) is 0 Å². The molecule has 0 aliphatic carbocycles. The number of rotatable bonds is 2. The van der Waals surface area contributed by atoms with Gasteiger partial charge in [0.1, 0.15) is 5.52 Å². The Morgan fingerprint density at radius 2 is 2.20 bits per heavy atom. The summed E-state index contributed by atoms with van der Waals surface area (Å²) < 4.78 is 38.5. The number of anilines is 1. The summed E-state index contributed by atoms with van der Waals surface area (Å²) in [6.45, 7) is 0.425. The molecule has 108 valence electrons. The minimum Gasteiger partial charge on any atom is -0.394 e. The van der Waals surface area contributed by atoms with Gasteiger partial charge < -0.3 is 15.0 Å². The highest BCUT2D eigenvalue weighted by Crippen LogP contribution is 2.33. The maximum absolute atomic E-state index is 12.8. The van der Waals surface area contributed by atoms with Gasteiger partial charge in [0.15, 0.2) is 11.5 Å². The Morgan fingerprint density at radius 1 is 1.40 bits per heavy atom. The van der Waals surface area contributed by atoms with Gasteiger partial charge in [-0.25, -0.2) is 15.0 Å². The number of aliphatic hydroxyl groups excluding tert-OH is 1. The minimum absolute atomic E-state index is 0.0223. The molecular weight excluding hydrogens is 275 g/mol. The molecule has 1 saturated heterocycles. The van der Waals surface area contributed by atoms with Crippen molar-refractivity contribution in [1.29, 1.82) is 0 Å². The Bertz CT molecular complexity index is 626. The summed E-state index contributed by atoms with van der Waals surface area (Å²) in [6, 6.07) is -0.225. The van der Waals surface area contributed by atoms with Crippen LogP contribution >= 0.6 is 0 Å². The van der Waals surface area contributed by atoms with Crippen molar-refractivity contribution in [2.75, 3.05) is 18.1 Å². The number of nitrogens with one attached hydrogen (secondary N) is 1. The van der Waals surface area contributed by atoms with E-state index >= 15 is 0 Å². The van der Waals surface area contributed by atoms with E-state index in [1.165, 1.54) is 6.33 Å². The average molecular weight is 287 g/mol. The first-order valence-corrected chi connectivity index (χ1v) is 6.16. The number of alkyl halides is 3. The smallest absolute Gasteiger partial charge is 0.394 e. The van der Waals surface area contributed by atoms with Crippen molar-refractivity contribution in [3.63, 3.8) is 0 Å². The maximum atomic E-state index is 12.8. The fourth-order valence-corrected chi connectivity index (χ4v) is 2.46. The third-order valence-corrected chi connectivity index (χ3v) is 3.38. The van der Waals surface area contributed by atoms with Gasteiger partial charge in [-0.05, 0) is 12.8 Å². The highest BCUT2D eigenvalue weighted by molar-refractivity contribution is 5.83. The second-order valence-electron chi connectivity index (χ2n) is 4.64. The number of fused-ring (bicyclic) bond motifs is 1. The van der Waals surface area contributed by atoms with E-state index in [0.717, 1.165) is 12.8 Å². The number of hydrogen-bond acceptors (Lipinski definition) is 5. The number of imidazole rings is 1. The van der Waals surface area contributed by atoms with Crippen molar-refractivity contribution in [3.05, 3.63) is 12.2 Å². The van der Waals surface area contributed by atoms with Gasteiger partial charge in [0.2, 0.25) is 5.82 Å². The molecule has 1 fully saturated rings. The highest BCUT2D eigenvalue weighted by atomic mass is 19.4. The molecule has 1 atom stereocenters. The first-order chi connectivity index (χ1) is 9.50. The second-order valence-corrected chi connectivity index (χ2v) is 4.64. The van der Waals surface area contributed by atoms with E-state index in [0.29, 0.717) is 12.1 Å². The summed E-state index contributed by atoms with van der Waals surface area (Å²) in [7, 11) is 0. The van der Waals surface area contributed by atoms with Gasteiger partial charge >= 0.3 is 6.18 Å². The lowest BCUT2D eigenvalue weighted by molar-refractivity contribution is -0.144. The first kappa shape index (κ1) is 13.1.